The van der Waals surface area contributed by atoms with Crippen molar-refractivity contribution in [2.75, 3.05) is 7.05 Å². The number of para-hydroxylation sites is 1. The Labute approximate surface area is 191 Å². The lowest BCUT2D eigenvalue weighted by Gasteiger charge is -2.15. The Hall–Kier alpha value is -2.69. The molecule has 3 aromatic rings. The van der Waals surface area contributed by atoms with Crippen molar-refractivity contribution >= 4 is 29.9 Å². The average molecular weight is 527 g/mol. The first-order valence-corrected chi connectivity index (χ1v) is 9.15. The van der Waals surface area contributed by atoms with E-state index in [0.717, 1.165) is 12.1 Å². The molecule has 0 spiro atoms. The van der Waals surface area contributed by atoms with Crippen LogP contribution in [0.5, 0.6) is 5.75 Å². The topological polar surface area (TPSA) is 63.5 Å². The van der Waals surface area contributed by atoms with Crippen molar-refractivity contribution in [1.82, 2.24) is 20.2 Å². The third-order valence-corrected chi connectivity index (χ3v) is 4.23. The van der Waals surface area contributed by atoms with E-state index in [1.54, 1.807) is 37.8 Å². The number of hydrogen-bond donors (Lipinski definition) is 2. The Balaban J connectivity index is 0.00000320. The van der Waals surface area contributed by atoms with E-state index in [1.165, 1.54) is 11.6 Å². The minimum absolute atomic E-state index is 0. The highest BCUT2D eigenvalue weighted by Gasteiger charge is 2.09. The Morgan fingerprint density at radius 3 is 2.60 bits per heavy atom. The minimum Gasteiger partial charge on any atom is -0.434 e. The second kappa shape index (κ2) is 12.1. The number of ether oxygens (including phenoxy) is 1. The summed E-state index contributed by atoms with van der Waals surface area (Å²) in [5.41, 5.74) is 2.90. The van der Waals surface area contributed by atoms with E-state index in [0.29, 0.717) is 24.6 Å². The molecule has 1 heterocycles. The van der Waals surface area contributed by atoms with Crippen LogP contribution in [0.1, 0.15) is 16.7 Å². The molecule has 3 rings (SSSR count). The van der Waals surface area contributed by atoms with Crippen LogP contribution < -0.4 is 15.4 Å². The van der Waals surface area contributed by atoms with E-state index in [1.807, 2.05) is 22.9 Å². The van der Waals surface area contributed by atoms with Crippen molar-refractivity contribution in [3.63, 3.8) is 0 Å². The highest BCUT2D eigenvalue weighted by molar-refractivity contribution is 14.0. The number of nitrogens with one attached hydrogen (secondary N) is 2. The Morgan fingerprint density at radius 1 is 1.10 bits per heavy atom. The summed E-state index contributed by atoms with van der Waals surface area (Å²) in [6.45, 7) is -1.22. The quantitative estimate of drug-likeness (QED) is 0.264. The summed E-state index contributed by atoms with van der Waals surface area (Å²) in [5.74, 6) is 0.717. The Morgan fingerprint density at radius 2 is 1.87 bits per heavy atom. The fourth-order valence-electron chi connectivity index (χ4n) is 2.88. The number of nitrogens with zero attached hydrogens (tertiary/aromatic N) is 3. The molecule has 0 aliphatic heterocycles. The van der Waals surface area contributed by atoms with Gasteiger partial charge in [-0.1, -0.05) is 42.5 Å². The van der Waals surface area contributed by atoms with Crippen LogP contribution >= 0.6 is 24.0 Å². The largest absolute Gasteiger partial charge is 0.434 e. The summed E-state index contributed by atoms with van der Waals surface area (Å²) in [7, 11) is 1.66. The van der Waals surface area contributed by atoms with Gasteiger partial charge in [-0.2, -0.15) is 8.78 Å². The molecule has 0 aliphatic carbocycles. The van der Waals surface area contributed by atoms with Crippen LogP contribution in [0, 0.1) is 0 Å². The highest BCUT2D eigenvalue weighted by atomic mass is 127. The van der Waals surface area contributed by atoms with Crippen LogP contribution in [0.2, 0.25) is 0 Å². The first-order valence-electron chi connectivity index (χ1n) is 9.15. The van der Waals surface area contributed by atoms with Crippen molar-refractivity contribution in [2.45, 2.75) is 26.2 Å². The van der Waals surface area contributed by atoms with Gasteiger partial charge in [-0.25, -0.2) is 4.98 Å². The van der Waals surface area contributed by atoms with Crippen molar-refractivity contribution in [2.24, 2.45) is 4.99 Å². The van der Waals surface area contributed by atoms with Crippen LogP contribution in [0.4, 0.5) is 8.78 Å². The molecule has 0 atom stereocenters. The number of guanidine groups is 1. The maximum Gasteiger partial charge on any atom is 0.387 e. The Kier molecular flexibility index (Phi) is 9.52. The fourth-order valence-corrected chi connectivity index (χ4v) is 2.88. The van der Waals surface area contributed by atoms with Gasteiger partial charge in [0.1, 0.15) is 5.75 Å². The molecule has 6 nitrogen and oxygen atoms in total. The summed E-state index contributed by atoms with van der Waals surface area (Å²) < 4.78 is 31.6. The number of hydrogen-bond acceptors (Lipinski definition) is 3. The van der Waals surface area contributed by atoms with Crippen molar-refractivity contribution < 1.29 is 13.5 Å². The van der Waals surface area contributed by atoms with Gasteiger partial charge in [0, 0.05) is 44.6 Å². The molecular formula is C21H24F2IN5O. The van der Waals surface area contributed by atoms with Gasteiger partial charge in [0.25, 0.3) is 0 Å². The number of imidazole rings is 1. The smallest absolute Gasteiger partial charge is 0.387 e. The summed E-state index contributed by atoms with van der Waals surface area (Å²) in [5, 5.41) is 6.36. The molecule has 2 aromatic carbocycles. The monoisotopic (exact) mass is 527 g/mol. The normalized spacial score (nSPS) is 11.1. The van der Waals surface area contributed by atoms with E-state index in [9.17, 15) is 8.78 Å². The van der Waals surface area contributed by atoms with Gasteiger partial charge in [-0.05, 0) is 17.2 Å². The fraction of sp³-hybridized carbons (Fsp3) is 0.238. The number of halogens is 3. The molecule has 0 saturated carbocycles. The second-order valence-corrected chi connectivity index (χ2v) is 6.32. The molecule has 0 amide bonds. The summed E-state index contributed by atoms with van der Waals surface area (Å²) in [4.78, 5) is 8.24. The summed E-state index contributed by atoms with van der Waals surface area (Å²) >= 11 is 0. The minimum atomic E-state index is -2.86. The maximum atomic E-state index is 12.5. The predicted molar refractivity (Wildman–Crippen MR) is 123 cm³/mol. The third-order valence-electron chi connectivity index (χ3n) is 4.23. The zero-order valence-corrected chi connectivity index (χ0v) is 18.8. The van der Waals surface area contributed by atoms with Crippen molar-refractivity contribution in [3.05, 3.63) is 83.9 Å². The number of aliphatic imine (C=N–C) groups is 1. The van der Waals surface area contributed by atoms with E-state index in [2.05, 4.69) is 37.5 Å². The number of aromatic nitrogens is 2. The molecule has 0 bridgehead atoms. The molecular weight excluding hydrogens is 503 g/mol. The van der Waals surface area contributed by atoms with Gasteiger partial charge in [-0.3, -0.25) is 4.99 Å². The Bertz CT molecular complexity index is 935. The third kappa shape index (κ3) is 7.29. The van der Waals surface area contributed by atoms with E-state index in [-0.39, 0.29) is 29.7 Å². The highest BCUT2D eigenvalue weighted by Crippen LogP contribution is 2.19. The first kappa shape index (κ1) is 23.6. The predicted octanol–water partition coefficient (Wildman–Crippen LogP) is 4.02. The molecule has 9 heteroatoms. The zero-order chi connectivity index (χ0) is 20.5. The van der Waals surface area contributed by atoms with Gasteiger partial charge in [-0.15, -0.1) is 24.0 Å². The number of benzene rings is 2. The molecule has 0 radical (unpaired) electrons. The molecule has 0 aliphatic rings. The molecule has 30 heavy (non-hydrogen) atoms. The number of alkyl halides is 2. The molecule has 0 saturated heterocycles. The van der Waals surface area contributed by atoms with Crippen LogP contribution in [-0.4, -0.2) is 29.2 Å². The van der Waals surface area contributed by atoms with Crippen LogP contribution in [0.25, 0.3) is 0 Å². The van der Waals surface area contributed by atoms with Gasteiger partial charge >= 0.3 is 6.61 Å². The summed E-state index contributed by atoms with van der Waals surface area (Å²) in [6.07, 6.45) is 5.46. The number of rotatable bonds is 8. The maximum absolute atomic E-state index is 12.5. The van der Waals surface area contributed by atoms with Crippen molar-refractivity contribution in [1.29, 1.82) is 0 Å². The average Bonchev–Trinajstić information content (AvgIpc) is 3.22. The summed E-state index contributed by atoms with van der Waals surface area (Å²) in [6, 6.07) is 14.9. The van der Waals surface area contributed by atoms with Crippen LogP contribution in [0.15, 0.2) is 72.2 Å². The van der Waals surface area contributed by atoms with E-state index < -0.39 is 6.61 Å². The standard InChI is InChI=1S/C21H23F2N5O.HI/c1-24-21(27-13-18-7-2-3-8-19(18)29-20(22)23)26-12-16-5-4-6-17(11-16)14-28-10-9-25-15-28;/h2-11,15,20H,12-14H2,1H3,(H2,24,26,27);1H. The molecule has 2 N–H and O–H groups in total. The van der Waals surface area contributed by atoms with Gasteiger partial charge in [0.2, 0.25) is 0 Å². The lowest BCUT2D eigenvalue weighted by Crippen LogP contribution is -2.36. The lowest BCUT2D eigenvalue weighted by molar-refractivity contribution is -0.0504. The van der Waals surface area contributed by atoms with E-state index in [4.69, 9.17) is 0 Å². The van der Waals surface area contributed by atoms with Gasteiger partial charge in [0.15, 0.2) is 5.96 Å². The van der Waals surface area contributed by atoms with Gasteiger partial charge in [0.05, 0.1) is 6.33 Å². The zero-order valence-electron chi connectivity index (χ0n) is 16.5. The van der Waals surface area contributed by atoms with Crippen molar-refractivity contribution in [3.8, 4) is 5.75 Å². The van der Waals surface area contributed by atoms with Gasteiger partial charge < -0.3 is 19.9 Å². The SMILES string of the molecule is CN=C(NCc1cccc(Cn2ccnc2)c1)NCc1ccccc1OC(F)F.I. The first-order chi connectivity index (χ1) is 14.1. The van der Waals surface area contributed by atoms with E-state index >= 15 is 0 Å². The molecule has 0 unspecified atom stereocenters. The molecule has 160 valence electrons. The van der Waals surface area contributed by atoms with Crippen LogP contribution in [-0.2, 0) is 19.6 Å². The lowest BCUT2D eigenvalue weighted by atomic mass is 10.1. The van der Waals surface area contributed by atoms with Crippen LogP contribution in [0.3, 0.4) is 0 Å². The molecule has 0 fully saturated rings. The molecule has 1 aromatic heterocycles. The second-order valence-electron chi connectivity index (χ2n) is 6.32.